The molecule has 3 aromatic heterocycles. The van der Waals surface area contributed by atoms with Gasteiger partial charge >= 0.3 is 5.91 Å². The lowest BCUT2D eigenvalue weighted by molar-refractivity contribution is -0.132. The average molecular weight is 487 g/mol. The van der Waals surface area contributed by atoms with E-state index in [0.29, 0.717) is 22.0 Å². The predicted octanol–water partition coefficient (Wildman–Crippen LogP) is 5.33. The number of hydrogen-bond donors (Lipinski definition) is 1. The van der Waals surface area contributed by atoms with Crippen LogP contribution in [-0.2, 0) is 15.0 Å². The number of aliphatic hydroxyl groups is 1. The molecule has 4 heterocycles. The molecule has 178 valence electrons. The van der Waals surface area contributed by atoms with Crippen LogP contribution in [0.2, 0.25) is 0 Å². The summed E-state index contributed by atoms with van der Waals surface area (Å²) < 4.78 is 1.87. The van der Waals surface area contributed by atoms with Crippen molar-refractivity contribution in [2.24, 2.45) is 0 Å². The molecule has 0 aliphatic carbocycles. The first-order valence-corrected chi connectivity index (χ1v) is 12.2. The van der Waals surface area contributed by atoms with Crippen molar-refractivity contribution in [2.75, 3.05) is 4.90 Å². The quantitative estimate of drug-likeness (QED) is 0.240. The fourth-order valence-corrected chi connectivity index (χ4v) is 5.19. The summed E-state index contributed by atoms with van der Waals surface area (Å²) in [6.07, 6.45) is 3.45. The number of Topliss-reactive ketones (excluding diaryl/α,β-unsaturated/α-hetero) is 1. The van der Waals surface area contributed by atoms with E-state index in [-0.39, 0.29) is 22.4 Å². The molecule has 1 fully saturated rings. The van der Waals surface area contributed by atoms with Crippen molar-refractivity contribution >= 4 is 39.6 Å². The highest BCUT2D eigenvalue weighted by molar-refractivity contribution is 7.14. The molecule has 1 unspecified atom stereocenters. The highest BCUT2D eigenvalue weighted by Gasteiger charge is 2.48. The minimum absolute atomic E-state index is 0.0119. The van der Waals surface area contributed by atoms with Crippen LogP contribution < -0.4 is 4.90 Å². The number of aliphatic hydroxyl groups excluding tert-OH is 1. The Balaban J connectivity index is 1.74. The summed E-state index contributed by atoms with van der Waals surface area (Å²) in [7, 11) is 0. The summed E-state index contributed by atoms with van der Waals surface area (Å²) in [4.78, 5) is 36.9. The lowest BCUT2D eigenvalue weighted by atomic mass is 9.85. The monoisotopic (exact) mass is 486 g/mol. The molecular formula is C27H26N4O3S. The molecule has 8 heteroatoms. The molecule has 7 nitrogen and oxygen atoms in total. The van der Waals surface area contributed by atoms with Crippen LogP contribution in [-0.4, -0.2) is 31.2 Å². The molecule has 1 aromatic carbocycles. The number of hydrogen-bond acceptors (Lipinski definition) is 6. The number of benzene rings is 1. The Hall–Kier alpha value is -3.78. The number of nitrogens with zero attached hydrogens (tertiary/aromatic N) is 4. The molecule has 1 amide bonds. The van der Waals surface area contributed by atoms with Gasteiger partial charge in [-0.05, 0) is 42.0 Å². The average Bonchev–Trinajstić information content (AvgIpc) is 3.52. The molecule has 0 bridgehead atoms. The topological polar surface area (TPSA) is 87.8 Å². The number of rotatable bonds is 3. The van der Waals surface area contributed by atoms with Gasteiger partial charge in [-0.3, -0.25) is 14.5 Å². The number of ketones is 1. The molecule has 4 aromatic rings. The third-order valence-electron chi connectivity index (χ3n) is 6.47. The van der Waals surface area contributed by atoms with Crippen LogP contribution in [0.25, 0.3) is 11.4 Å². The third-order valence-corrected chi connectivity index (χ3v) is 7.24. The van der Waals surface area contributed by atoms with Crippen LogP contribution in [0.4, 0.5) is 5.13 Å². The first kappa shape index (κ1) is 23.0. The molecule has 0 saturated carbocycles. The molecule has 0 radical (unpaired) electrons. The second-order valence-electron chi connectivity index (χ2n) is 9.79. The zero-order valence-electron chi connectivity index (χ0n) is 20.2. The molecule has 1 aliphatic rings. The SMILES string of the molecule is Cc1cccn2c(C)c(C(O)=C3C(=O)C(=O)N(c4nccs4)C3c3ccc(C(C)(C)C)cc3)nc12. The molecule has 1 saturated heterocycles. The Bertz CT molecular complexity index is 1490. The molecule has 1 atom stereocenters. The van der Waals surface area contributed by atoms with E-state index in [2.05, 4.69) is 30.7 Å². The van der Waals surface area contributed by atoms with Crippen molar-refractivity contribution in [3.63, 3.8) is 0 Å². The fraction of sp³-hybridized carbons (Fsp3) is 0.259. The van der Waals surface area contributed by atoms with Crippen molar-refractivity contribution in [3.05, 3.63) is 87.8 Å². The second kappa shape index (κ2) is 8.16. The van der Waals surface area contributed by atoms with E-state index in [4.69, 9.17) is 0 Å². The number of anilines is 1. The normalized spacial score (nSPS) is 18.1. The number of aryl methyl sites for hydroxylation is 2. The molecule has 35 heavy (non-hydrogen) atoms. The minimum Gasteiger partial charge on any atom is -0.505 e. The van der Waals surface area contributed by atoms with E-state index < -0.39 is 17.7 Å². The highest BCUT2D eigenvalue weighted by Crippen LogP contribution is 2.43. The van der Waals surface area contributed by atoms with E-state index in [1.54, 1.807) is 11.6 Å². The number of carbonyl (C=O) groups is 2. The van der Waals surface area contributed by atoms with Gasteiger partial charge in [0.2, 0.25) is 0 Å². The molecule has 1 N–H and O–H groups in total. The first-order valence-electron chi connectivity index (χ1n) is 11.3. The standard InChI is InChI=1S/C27H26N4O3S/c1-15-7-6-13-30-16(2)20(29-24(15)30)22(32)19-21(17-8-10-18(11-9-17)27(3,4)5)31(25(34)23(19)33)26-28-12-14-35-26/h6-14,21,32H,1-5H3. The smallest absolute Gasteiger partial charge is 0.301 e. The first-order chi connectivity index (χ1) is 16.6. The van der Waals surface area contributed by atoms with Crippen LogP contribution in [0.5, 0.6) is 0 Å². The molecule has 5 rings (SSSR count). The Morgan fingerprint density at radius 2 is 1.80 bits per heavy atom. The minimum atomic E-state index is -0.819. The molecule has 1 aliphatic heterocycles. The van der Waals surface area contributed by atoms with Crippen LogP contribution >= 0.6 is 11.3 Å². The lowest BCUT2D eigenvalue weighted by Gasteiger charge is -2.24. The Morgan fingerprint density at radius 3 is 2.40 bits per heavy atom. The van der Waals surface area contributed by atoms with Gasteiger partial charge in [-0.1, -0.05) is 51.1 Å². The Morgan fingerprint density at radius 1 is 1.09 bits per heavy atom. The number of amides is 1. The summed E-state index contributed by atoms with van der Waals surface area (Å²) >= 11 is 1.27. The van der Waals surface area contributed by atoms with E-state index >= 15 is 0 Å². The van der Waals surface area contributed by atoms with Gasteiger partial charge < -0.3 is 9.51 Å². The fourth-order valence-electron chi connectivity index (χ4n) is 4.52. The Kier molecular flexibility index (Phi) is 5.36. The van der Waals surface area contributed by atoms with E-state index in [1.807, 2.05) is 60.8 Å². The summed E-state index contributed by atoms with van der Waals surface area (Å²) in [6, 6.07) is 10.8. The Labute approximate surface area is 207 Å². The van der Waals surface area contributed by atoms with E-state index in [9.17, 15) is 14.7 Å². The van der Waals surface area contributed by atoms with E-state index in [1.165, 1.54) is 16.2 Å². The van der Waals surface area contributed by atoms with Gasteiger partial charge in [0.15, 0.2) is 10.9 Å². The van der Waals surface area contributed by atoms with Gasteiger partial charge in [0.25, 0.3) is 5.78 Å². The van der Waals surface area contributed by atoms with Gasteiger partial charge in [-0.15, -0.1) is 11.3 Å². The van der Waals surface area contributed by atoms with Crippen molar-refractivity contribution in [3.8, 4) is 0 Å². The predicted molar refractivity (Wildman–Crippen MR) is 137 cm³/mol. The van der Waals surface area contributed by atoms with Crippen LogP contribution in [0.3, 0.4) is 0 Å². The third kappa shape index (κ3) is 3.65. The summed E-state index contributed by atoms with van der Waals surface area (Å²) in [5.74, 6) is -1.76. The maximum Gasteiger partial charge on any atom is 0.301 e. The zero-order chi connectivity index (χ0) is 25.1. The maximum atomic E-state index is 13.4. The van der Waals surface area contributed by atoms with Crippen molar-refractivity contribution in [2.45, 2.75) is 46.1 Å². The zero-order valence-corrected chi connectivity index (χ0v) is 21.1. The molecular weight excluding hydrogens is 460 g/mol. The van der Waals surface area contributed by atoms with Crippen LogP contribution in [0, 0.1) is 13.8 Å². The number of thiazole rings is 1. The molecule has 0 spiro atoms. The number of imidazole rings is 1. The maximum absolute atomic E-state index is 13.4. The van der Waals surface area contributed by atoms with Gasteiger partial charge in [-0.25, -0.2) is 9.97 Å². The van der Waals surface area contributed by atoms with Crippen molar-refractivity contribution in [1.29, 1.82) is 0 Å². The second-order valence-corrected chi connectivity index (χ2v) is 10.7. The highest BCUT2D eigenvalue weighted by atomic mass is 32.1. The number of carbonyl (C=O) groups excluding carboxylic acids is 2. The summed E-state index contributed by atoms with van der Waals surface area (Å²) in [5.41, 5.74) is 4.39. The van der Waals surface area contributed by atoms with Crippen molar-refractivity contribution < 1.29 is 14.7 Å². The van der Waals surface area contributed by atoms with Gasteiger partial charge in [0, 0.05) is 17.8 Å². The van der Waals surface area contributed by atoms with Crippen LogP contribution in [0.1, 0.15) is 54.9 Å². The number of aromatic nitrogens is 3. The number of fused-ring (bicyclic) bond motifs is 1. The van der Waals surface area contributed by atoms with Gasteiger partial charge in [0.1, 0.15) is 11.3 Å². The largest absolute Gasteiger partial charge is 0.505 e. The number of pyridine rings is 1. The van der Waals surface area contributed by atoms with Gasteiger partial charge in [0.05, 0.1) is 17.3 Å². The van der Waals surface area contributed by atoms with Crippen molar-refractivity contribution in [1.82, 2.24) is 14.4 Å². The summed E-state index contributed by atoms with van der Waals surface area (Å²) in [6.45, 7) is 10.1. The van der Waals surface area contributed by atoms with Gasteiger partial charge in [-0.2, -0.15) is 0 Å². The van der Waals surface area contributed by atoms with Crippen LogP contribution in [0.15, 0.2) is 59.7 Å². The summed E-state index contributed by atoms with van der Waals surface area (Å²) in [5, 5.41) is 13.7. The van der Waals surface area contributed by atoms with E-state index in [0.717, 1.165) is 11.1 Å². The lowest BCUT2D eigenvalue weighted by Crippen LogP contribution is -2.29.